The van der Waals surface area contributed by atoms with Gasteiger partial charge >= 0.3 is 0 Å². The zero-order chi connectivity index (χ0) is 14.8. The minimum absolute atomic E-state index is 0.233. The Morgan fingerprint density at radius 2 is 2.05 bits per heavy atom. The van der Waals surface area contributed by atoms with Crippen LogP contribution in [0.2, 0.25) is 0 Å². The van der Waals surface area contributed by atoms with Crippen LogP contribution in [0.15, 0.2) is 47.1 Å². The van der Waals surface area contributed by atoms with Crippen molar-refractivity contribution in [3.63, 3.8) is 0 Å². The van der Waals surface area contributed by atoms with Crippen LogP contribution in [0.25, 0.3) is 11.3 Å². The monoisotopic (exact) mass is 282 g/mol. The summed E-state index contributed by atoms with van der Waals surface area (Å²) in [5.41, 5.74) is 2.52. The van der Waals surface area contributed by atoms with Crippen molar-refractivity contribution in [3.8, 4) is 11.3 Å². The van der Waals surface area contributed by atoms with Crippen molar-refractivity contribution in [2.75, 3.05) is 5.32 Å². The number of nitrogens with one attached hydrogen (secondary N) is 1. The number of carbonyl (C=O) groups is 1. The summed E-state index contributed by atoms with van der Waals surface area (Å²) in [7, 11) is 1.80. The summed E-state index contributed by atoms with van der Waals surface area (Å²) in [5.74, 6) is 0.237. The van der Waals surface area contributed by atoms with Gasteiger partial charge in [0.1, 0.15) is 0 Å². The Morgan fingerprint density at radius 1 is 1.29 bits per heavy atom. The van der Waals surface area contributed by atoms with Gasteiger partial charge in [0.2, 0.25) is 0 Å². The molecule has 0 atom stereocenters. The highest BCUT2D eigenvalue weighted by atomic mass is 16.5. The van der Waals surface area contributed by atoms with Crippen molar-refractivity contribution in [2.45, 2.75) is 6.92 Å². The van der Waals surface area contributed by atoms with Gasteiger partial charge in [-0.25, -0.2) is 0 Å². The van der Waals surface area contributed by atoms with Gasteiger partial charge in [-0.05, 0) is 6.92 Å². The third kappa shape index (κ3) is 2.69. The Hall–Kier alpha value is -2.89. The van der Waals surface area contributed by atoms with Crippen LogP contribution in [0.1, 0.15) is 16.2 Å². The number of nitrogens with zero attached hydrogens (tertiary/aromatic N) is 3. The first-order valence-electron chi connectivity index (χ1n) is 6.47. The molecule has 3 rings (SSSR count). The van der Waals surface area contributed by atoms with Crippen molar-refractivity contribution < 1.29 is 9.32 Å². The van der Waals surface area contributed by atoms with E-state index >= 15 is 0 Å². The molecule has 1 amide bonds. The van der Waals surface area contributed by atoms with Crippen molar-refractivity contribution >= 4 is 11.6 Å². The zero-order valence-corrected chi connectivity index (χ0v) is 11.7. The van der Waals surface area contributed by atoms with Crippen molar-refractivity contribution in [3.05, 3.63) is 54.0 Å². The van der Waals surface area contributed by atoms with E-state index in [1.807, 2.05) is 37.3 Å². The summed E-state index contributed by atoms with van der Waals surface area (Å²) in [6, 6.07) is 11.1. The summed E-state index contributed by atoms with van der Waals surface area (Å²) in [5, 5.41) is 10.7. The van der Waals surface area contributed by atoms with Crippen LogP contribution in [0, 0.1) is 6.92 Å². The molecular formula is C15H14N4O2. The number of benzene rings is 1. The van der Waals surface area contributed by atoms with Crippen LogP contribution < -0.4 is 5.32 Å². The molecule has 2 aromatic heterocycles. The van der Waals surface area contributed by atoms with Gasteiger partial charge in [-0.3, -0.25) is 9.48 Å². The number of aryl methyl sites for hydroxylation is 2. The second-order valence-corrected chi connectivity index (χ2v) is 4.70. The van der Waals surface area contributed by atoms with Gasteiger partial charge < -0.3 is 9.84 Å². The minimum Gasteiger partial charge on any atom is -0.355 e. The predicted molar refractivity (Wildman–Crippen MR) is 77.8 cm³/mol. The van der Waals surface area contributed by atoms with E-state index in [4.69, 9.17) is 4.52 Å². The molecular weight excluding hydrogens is 268 g/mol. The molecule has 1 N–H and O–H groups in total. The average Bonchev–Trinajstić information content (AvgIpc) is 3.07. The minimum atomic E-state index is -0.322. The lowest BCUT2D eigenvalue weighted by Crippen LogP contribution is -2.12. The maximum Gasteiger partial charge on any atom is 0.277 e. The fraction of sp³-hybridized carbons (Fsp3) is 0.133. The van der Waals surface area contributed by atoms with Gasteiger partial charge in [0.25, 0.3) is 5.91 Å². The molecule has 6 nitrogen and oxygen atoms in total. The normalized spacial score (nSPS) is 10.6. The van der Waals surface area contributed by atoms with E-state index in [1.165, 1.54) is 0 Å². The van der Waals surface area contributed by atoms with Crippen LogP contribution >= 0.6 is 0 Å². The van der Waals surface area contributed by atoms with Crippen LogP contribution in [-0.4, -0.2) is 20.8 Å². The van der Waals surface area contributed by atoms with E-state index in [-0.39, 0.29) is 11.6 Å². The van der Waals surface area contributed by atoms with Crippen LogP contribution in [0.3, 0.4) is 0 Å². The lowest BCUT2D eigenvalue weighted by molar-refractivity contribution is 0.101. The SMILES string of the molecule is Cc1nn(C)cc1NC(=O)c1cc(-c2ccccc2)on1. The second-order valence-electron chi connectivity index (χ2n) is 4.70. The number of hydrogen-bond acceptors (Lipinski definition) is 4. The Labute approximate surface area is 121 Å². The highest BCUT2D eigenvalue weighted by molar-refractivity contribution is 6.03. The molecule has 0 aliphatic rings. The van der Waals surface area contributed by atoms with Crippen molar-refractivity contribution in [2.24, 2.45) is 7.05 Å². The summed E-state index contributed by atoms with van der Waals surface area (Å²) in [6.45, 7) is 1.83. The molecule has 6 heteroatoms. The molecule has 3 aromatic rings. The van der Waals surface area contributed by atoms with E-state index in [1.54, 1.807) is 24.0 Å². The fourth-order valence-electron chi connectivity index (χ4n) is 2.03. The number of carbonyl (C=O) groups excluding carboxylic acids is 1. The van der Waals surface area contributed by atoms with E-state index < -0.39 is 0 Å². The Balaban J connectivity index is 1.80. The molecule has 21 heavy (non-hydrogen) atoms. The third-order valence-electron chi connectivity index (χ3n) is 3.06. The summed E-state index contributed by atoms with van der Waals surface area (Å²) in [6.07, 6.45) is 1.74. The first kappa shape index (κ1) is 13.1. The Bertz CT molecular complexity index is 774. The molecule has 106 valence electrons. The van der Waals surface area contributed by atoms with Gasteiger partial charge in [0, 0.05) is 24.9 Å². The topological polar surface area (TPSA) is 73.0 Å². The van der Waals surface area contributed by atoms with E-state index in [0.29, 0.717) is 11.4 Å². The van der Waals surface area contributed by atoms with Crippen LogP contribution in [-0.2, 0) is 7.05 Å². The number of hydrogen-bond donors (Lipinski definition) is 1. The zero-order valence-electron chi connectivity index (χ0n) is 11.7. The molecule has 0 bridgehead atoms. The average molecular weight is 282 g/mol. The predicted octanol–water partition coefficient (Wildman–Crippen LogP) is 2.64. The molecule has 0 spiro atoms. The molecule has 0 fully saturated rings. The van der Waals surface area contributed by atoms with Crippen LogP contribution in [0.5, 0.6) is 0 Å². The molecule has 2 heterocycles. The Kier molecular flexibility index (Phi) is 3.27. The number of anilines is 1. The van der Waals surface area contributed by atoms with Gasteiger partial charge in [0.15, 0.2) is 11.5 Å². The van der Waals surface area contributed by atoms with E-state index in [2.05, 4.69) is 15.6 Å². The smallest absolute Gasteiger partial charge is 0.277 e. The number of aromatic nitrogens is 3. The molecule has 0 radical (unpaired) electrons. The van der Waals surface area contributed by atoms with E-state index in [0.717, 1.165) is 11.3 Å². The Morgan fingerprint density at radius 3 is 2.71 bits per heavy atom. The molecule has 0 saturated carbocycles. The molecule has 0 saturated heterocycles. The van der Waals surface area contributed by atoms with Gasteiger partial charge in [-0.2, -0.15) is 5.10 Å². The van der Waals surface area contributed by atoms with Crippen LogP contribution in [0.4, 0.5) is 5.69 Å². The lowest BCUT2D eigenvalue weighted by atomic mass is 10.1. The quantitative estimate of drug-likeness (QED) is 0.801. The van der Waals surface area contributed by atoms with Gasteiger partial charge in [-0.15, -0.1) is 0 Å². The molecule has 1 aromatic carbocycles. The van der Waals surface area contributed by atoms with Gasteiger partial charge in [-0.1, -0.05) is 35.5 Å². The third-order valence-corrected chi connectivity index (χ3v) is 3.06. The number of rotatable bonds is 3. The standard InChI is InChI=1S/C15H14N4O2/c1-10-13(9-19(2)17-10)16-15(20)12-8-14(21-18-12)11-6-4-3-5-7-11/h3-9H,1-2H3,(H,16,20). The van der Waals surface area contributed by atoms with Crippen molar-refractivity contribution in [1.82, 2.24) is 14.9 Å². The molecule has 0 aliphatic heterocycles. The van der Waals surface area contributed by atoms with Crippen molar-refractivity contribution in [1.29, 1.82) is 0 Å². The lowest BCUT2D eigenvalue weighted by Gasteiger charge is -1.99. The van der Waals surface area contributed by atoms with E-state index in [9.17, 15) is 4.79 Å². The highest BCUT2D eigenvalue weighted by Crippen LogP contribution is 2.20. The fourth-order valence-corrected chi connectivity index (χ4v) is 2.03. The first-order chi connectivity index (χ1) is 10.1. The number of amides is 1. The maximum atomic E-state index is 12.1. The largest absolute Gasteiger partial charge is 0.355 e. The molecule has 0 unspecified atom stereocenters. The summed E-state index contributed by atoms with van der Waals surface area (Å²) in [4.78, 5) is 12.1. The second kappa shape index (κ2) is 5.24. The first-order valence-corrected chi connectivity index (χ1v) is 6.47. The van der Waals surface area contributed by atoms with Gasteiger partial charge in [0.05, 0.1) is 11.4 Å². The summed E-state index contributed by atoms with van der Waals surface area (Å²) >= 11 is 0. The maximum absolute atomic E-state index is 12.1. The molecule has 0 aliphatic carbocycles. The summed E-state index contributed by atoms with van der Waals surface area (Å²) < 4.78 is 6.86. The highest BCUT2D eigenvalue weighted by Gasteiger charge is 2.15.